The molecule has 0 radical (unpaired) electrons. The summed E-state index contributed by atoms with van der Waals surface area (Å²) in [6, 6.07) is 10.2. The van der Waals surface area contributed by atoms with Crippen LogP contribution in [0.3, 0.4) is 0 Å². The first-order chi connectivity index (χ1) is 10.7. The van der Waals surface area contributed by atoms with E-state index in [0.717, 1.165) is 36.3 Å². The average molecular weight is 298 g/mol. The molecule has 1 N–H and O–H groups in total. The lowest BCUT2D eigenvalue weighted by atomic mass is 9.91. The summed E-state index contributed by atoms with van der Waals surface area (Å²) in [4.78, 5) is 13.6. The molecule has 2 unspecified atom stereocenters. The minimum absolute atomic E-state index is 0.0258. The van der Waals surface area contributed by atoms with Crippen LogP contribution in [0.1, 0.15) is 25.7 Å². The Kier molecular flexibility index (Phi) is 3.76. The fraction of sp³-hybridized carbons (Fsp3) is 0.412. The number of carboxylic acids is 1. The maximum Gasteiger partial charge on any atom is 0.346 e. The second-order valence-corrected chi connectivity index (χ2v) is 5.71. The highest BCUT2D eigenvalue weighted by molar-refractivity contribution is 5.92. The number of carbonyl (C=O) groups is 1. The number of benzene rings is 1. The van der Waals surface area contributed by atoms with Crippen LogP contribution in [0.4, 0.5) is 5.69 Å². The smallest absolute Gasteiger partial charge is 0.346 e. The highest BCUT2D eigenvalue weighted by Gasteiger charge is 2.41. The quantitative estimate of drug-likeness (QED) is 0.686. The molecule has 2 bridgehead atoms. The molecule has 2 aliphatic heterocycles. The fourth-order valence-electron chi connectivity index (χ4n) is 3.69. The predicted molar refractivity (Wildman–Crippen MR) is 81.8 cm³/mol. The van der Waals surface area contributed by atoms with Crippen LogP contribution >= 0.6 is 0 Å². The number of anilines is 1. The molecular formula is C17H18N2O3. The molecular weight excluding hydrogens is 280 g/mol. The summed E-state index contributed by atoms with van der Waals surface area (Å²) in [5.41, 5.74) is 1.76. The number of rotatable bonds is 3. The van der Waals surface area contributed by atoms with Gasteiger partial charge in [-0.25, -0.2) is 4.79 Å². The maximum absolute atomic E-state index is 11.3. The maximum atomic E-state index is 11.3. The Morgan fingerprint density at radius 2 is 2.05 bits per heavy atom. The number of carboxylic acid groups (broad SMARTS) is 1. The standard InChI is InChI=1S/C17H18N2O3/c1-22-13-6-2-11(3-7-13)19-12-4-8-14(16(19)9-5-12)15(10-18)17(20)21/h2-3,6-7,12,16H,4-5,8-9H2,1H3,(H,20,21). The lowest BCUT2D eigenvalue weighted by molar-refractivity contribution is -0.132. The third-order valence-electron chi connectivity index (χ3n) is 4.67. The van der Waals surface area contributed by atoms with Crippen LogP contribution in [-0.2, 0) is 4.79 Å². The van der Waals surface area contributed by atoms with Crippen LogP contribution in [0.5, 0.6) is 5.75 Å². The van der Waals surface area contributed by atoms with E-state index in [4.69, 9.17) is 4.74 Å². The first-order valence-corrected chi connectivity index (χ1v) is 7.44. The first kappa shape index (κ1) is 14.5. The van der Waals surface area contributed by atoms with Gasteiger partial charge in [0.15, 0.2) is 0 Å². The fourth-order valence-corrected chi connectivity index (χ4v) is 3.69. The van der Waals surface area contributed by atoms with E-state index < -0.39 is 5.97 Å². The molecule has 2 aliphatic rings. The van der Waals surface area contributed by atoms with Crippen molar-refractivity contribution in [2.75, 3.05) is 12.0 Å². The van der Waals surface area contributed by atoms with Gasteiger partial charge in [0, 0.05) is 11.7 Å². The molecule has 2 heterocycles. The highest BCUT2D eigenvalue weighted by atomic mass is 16.5. The molecule has 114 valence electrons. The van der Waals surface area contributed by atoms with Crippen LogP contribution in [0.25, 0.3) is 0 Å². The van der Waals surface area contributed by atoms with Crippen LogP contribution in [0.2, 0.25) is 0 Å². The number of hydrogen-bond acceptors (Lipinski definition) is 4. The second kappa shape index (κ2) is 5.72. The zero-order valence-electron chi connectivity index (χ0n) is 12.5. The number of nitriles is 1. The van der Waals surface area contributed by atoms with Crippen molar-refractivity contribution in [3.8, 4) is 11.8 Å². The Balaban J connectivity index is 1.98. The van der Waals surface area contributed by atoms with Gasteiger partial charge in [0.2, 0.25) is 0 Å². The lowest BCUT2D eigenvalue weighted by Crippen LogP contribution is -2.42. The largest absolute Gasteiger partial charge is 0.497 e. The Bertz CT molecular complexity index is 657. The van der Waals surface area contributed by atoms with Gasteiger partial charge in [-0.1, -0.05) is 0 Å². The molecule has 0 aliphatic carbocycles. The molecule has 2 fully saturated rings. The summed E-state index contributed by atoms with van der Waals surface area (Å²) in [6.45, 7) is 0. The lowest BCUT2D eigenvalue weighted by Gasteiger charge is -2.38. The Morgan fingerprint density at radius 3 is 2.64 bits per heavy atom. The van der Waals surface area contributed by atoms with Crippen molar-refractivity contribution in [2.24, 2.45) is 0 Å². The van der Waals surface area contributed by atoms with Gasteiger partial charge in [-0.2, -0.15) is 5.26 Å². The Hall–Kier alpha value is -2.48. The summed E-state index contributed by atoms with van der Waals surface area (Å²) in [5, 5.41) is 18.4. The van der Waals surface area contributed by atoms with E-state index in [2.05, 4.69) is 4.90 Å². The third kappa shape index (κ3) is 2.31. The van der Waals surface area contributed by atoms with Crippen LogP contribution in [0.15, 0.2) is 35.4 Å². The van der Waals surface area contributed by atoms with Crippen molar-refractivity contribution >= 4 is 11.7 Å². The van der Waals surface area contributed by atoms with Gasteiger partial charge in [0.05, 0.1) is 13.2 Å². The van der Waals surface area contributed by atoms with Crippen molar-refractivity contribution in [1.82, 2.24) is 0 Å². The van der Waals surface area contributed by atoms with Crippen molar-refractivity contribution in [1.29, 1.82) is 5.26 Å². The van der Waals surface area contributed by atoms with E-state index in [9.17, 15) is 15.2 Å². The first-order valence-electron chi connectivity index (χ1n) is 7.44. The molecule has 5 heteroatoms. The molecule has 0 aromatic heterocycles. The summed E-state index contributed by atoms with van der Waals surface area (Å²) in [5.74, 6) is -0.315. The number of nitrogens with zero attached hydrogens (tertiary/aromatic N) is 2. The van der Waals surface area contributed by atoms with E-state index in [1.54, 1.807) is 7.11 Å². The topological polar surface area (TPSA) is 73.6 Å². The van der Waals surface area contributed by atoms with E-state index in [-0.39, 0.29) is 11.6 Å². The summed E-state index contributed by atoms with van der Waals surface area (Å²) >= 11 is 0. The van der Waals surface area contributed by atoms with Gasteiger partial charge < -0.3 is 14.7 Å². The number of methoxy groups -OCH3 is 1. The summed E-state index contributed by atoms with van der Waals surface area (Å²) < 4.78 is 5.19. The minimum atomic E-state index is -1.11. The van der Waals surface area contributed by atoms with Gasteiger partial charge in [0.1, 0.15) is 17.4 Å². The number of ether oxygens (including phenoxy) is 1. The summed E-state index contributed by atoms with van der Waals surface area (Å²) in [7, 11) is 1.63. The zero-order chi connectivity index (χ0) is 15.7. The number of aliphatic carboxylic acids is 1. The van der Waals surface area contributed by atoms with Crippen LogP contribution in [0, 0.1) is 11.3 Å². The van der Waals surface area contributed by atoms with Gasteiger partial charge >= 0.3 is 5.97 Å². The van der Waals surface area contributed by atoms with Crippen molar-refractivity contribution in [2.45, 2.75) is 37.8 Å². The molecule has 1 aromatic carbocycles. The van der Waals surface area contributed by atoms with Crippen LogP contribution < -0.4 is 9.64 Å². The van der Waals surface area contributed by atoms with Crippen molar-refractivity contribution < 1.29 is 14.6 Å². The number of hydrogen-bond donors (Lipinski definition) is 1. The third-order valence-corrected chi connectivity index (χ3v) is 4.67. The zero-order valence-corrected chi connectivity index (χ0v) is 12.5. The molecule has 0 saturated carbocycles. The van der Waals surface area contributed by atoms with Crippen LogP contribution in [-0.4, -0.2) is 30.3 Å². The molecule has 0 spiro atoms. The van der Waals surface area contributed by atoms with E-state index >= 15 is 0 Å². The Morgan fingerprint density at radius 1 is 1.32 bits per heavy atom. The van der Waals surface area contributed by atoms with Gasteiger partial charge in [-0.05, 0) is 55.5 Å². The second-order valence-electron chi connectivity index (χ2n) is 5.71. The Labute approximate surface area is 129 Å². The number of piperidine rings is 1. The molecule has 22 heavy (non-hydrogen) atoms. The normalized spacial score (nSPS) is 25.5. The molecule has 0 amide bonds. The monoisotopic (exact) mass is 298 g/mol. The SMILES string of the molecule is COc1ccc(N2C3CCC(=C(C#N)C(=O)O)C2CC3)cc1. The minimum Gasteiger partial charge on any atom is -0.497 e. The van der Waals surface area contributed by atoms with Gasteiger partial charge in [-0.15, -0.1) is 0 Å². The van der Waals surface area contributed by atoms with E-state index in [1.807, 2.05) is 30.3 Å². The molecule has 5 nitrogen and oxygen atoms in total. The van der Waals surface area contributed by atoms with E-state index in [1.165, 1.54) is 0 Å². The average Bonchev–Trinajstić information content (AvgIpc) is 2.84. The summed E-state index contributed by atoms with van der Waals surface area (Å²) in [6.07, 6.45) is 3.55. The molecule has 1 aromatic rings. The molecule has 3 rings (SSSR count). The number of fused-ring (bicyclic) bond motifs is 2. The van der Waals surface area contributed by atoms with Crippen molar-refractivity contribution in [3.63, 3.8) is 0 Å². The molecule has 2 atom stereocenters. The van der Waals surface area contributed by atoms with Gasteiger partial charge in [-0.3, -0.25) is 0 Å². The molecule has 2 saturated heterocycles. The van der Waals surface area contributed by atoms with E-state index in [0.29, 0.717) is 12.5 Å². The van der Waals surface area contributed by atoms with Crippen molar-refractivity contribution in [3.05, 3.63) is 35.4 Å². The highest BCUT2D eigenvalue weighted by Crippen LogP contribution is 2.43. The predicted octanol–water partition coefficient (Wildman–Crippen LogP) is 2.73. The van der Waals surface area contributed by atoms with Gasteiger partial charge in [0.25, 0.3) is 0 Å².